The Balaban J connectivity index is 2.45. The first-order valence-electron chi connectivity index (χ1n) is 4.25. The predicted molar refractivity (Wildman–Crippen MR) is 49.6 cm³/mol. The van der Waals surface area contributed by atoms with Crippen molar-refractivity contribution in [2.45, 2.75) is 19.5 Å². The van der Waals surface area contributed by atoms with E-state index >= 15 is 0 Å². The molecule has 0 unspecified atom stereocenters. The van der Waals surface area contributed by atoms with E-state index in [9.17, 15) is 4.39 Å². The van der Waals surface area contributed by atoms with Crippen LogP contribution in [0.1, 0.15) is 12.5 Å². The van der Waals surface area contributed by atoms with Crippen LogP contribution in [-0.4, -0.2) is 17.6 Å². The Morgan fingerprint density at radius 3 is 3.00 bits per heavy atom. The van der Waals surface area contributed by atoms with Crippen LogP contribution in [-0.2, 0) is 6.54 Å². The van der Waals surface area contributed by atoms with Gasteiger partial charge in [0.15, 0.2) is 0 Å². The molecule has 1 aromatic rings. The normalized spacial score (nSPS) is 12.8. The molecule has 0 saturated heterocycles. The summed E-state index contributed by atoms with van der Waals surface area (Å²) in [6, 6.07) is 1.70. The topological polar surface area (TPSA) is 50.9 Å². The molecule has 0 spiro atoms. The molecule has 0 fully saturated rings. The summed E-state index contributed by atoms with van der Waals surface area (Å²) in [4.78, 5) is 3.74. The van der Waals surface area contributed by atoms with Crippen molar-refractivity contribution in [3.8, 4) is 0 Å². The second-order valence-electron chi connectivity index (χ2n) is 3.03. The van der Waals surface area contributed by atoms with Gasteiger partial charge in [0.2, 0.25) is 0 Å². The van der Waals surface area contributed by atoms with Crippen LogP contribution in [0.15, 0.2) is 18.5 Å². The van der Waals surface area contributed by atoms with Gasteiger partial charge in [0.1, 0.15) is 5.82 Å². The molecule has 1 heterocycles. The van der Waals surface area contributed by atoms with Crippen LogP contribution in [0.25, 0.3) is 0 Å². The van der Waals surface area contributed by atoms with Crippen molar-refractivity contribution < 1.29 is 4.39 Å². The Hall–Kier alpha value is -1.00. The SMILES string of the molecule is C[C@H](CN)NCc1cncc(F)c1. The maximum Gasteiger partial charge on any atom is 0.141 e. The third-order valence-corrected chi connectivity index (χ3v) is 1.77. The molecule has 1 atom stereocenters. The molecule has 1 aromatic heterocycles. The van der Waals surface area contributed by atoms with Gasteiger partial charge in [-0.2, -0.15) is 0 Å². The molecule has 0 bridgehead atoms. The zero-order valence-corrected chi connectivity index (χ0v) is 7.63. The number of nitrogens with one attached hydrogen (secondary N) is 1. The van der Waals surface area contributed by atoms with Crippen LogP contribution in [0.4, 0.5) is 4.39 Å². The first-order valence-corrected chi connectivity index (χ1v) is 4.25. The Labute approximate surface area is 77.2 Å². The van der Waals surface area contributed by atoms with Gasteiger partial charge >= 0.3 is 0 Å². The molecule has 0 aromatic carbocycles. The molecule has 0 radical (unpaired) electrons. The lowest BCUT2D eigenvalue weighted by atomic mass is 10.2. The fraction of sp³-hybridized carbons (Fsp3) is 0.444. The lowest BCUT2D eigenvalue weighted by Gasteiger charge is -2.10. The van der Waals surface area contributed by atoms with Gasteiger partial charge < -0.3 is 11.1 Å². The van der Waals surface area contributed by atoms with E-state index in [2.05, 4.69) is 10.3 Å². The van der Waals surface area contributed by atoms with Crippen molar-refractivity contribution >= 4 is 0 Å². The highest BCUT2D eigenvalue weighted by Gasteiger charge is 1.99. The summed E-state index contributed by atoms with van der Waals surface area (Å²) in [5.41, 5.74) is 6.25. The van der Waals surface area contributed by atoms with E-state index in [-0.39, 0.29) is 11.9 Å². The van der Waals surface area contributed by atoms with Gasteiger partial charge in [-0.1, -0.05) is 0 Å². The van der Waals surface area contributed by atoms with Crippen molar-refractivity contribution in [2.75, 3.05) is 6.54 Å². The van der Waals surface area contributed by atoms with Crippen LogP contribution < -0.4 is 11.1 Å². The molecule has 3 nitrogen and oxygen atoms in total. The molecule has 4 heteroatoms. The minimum absolute atomic E-state index is 0.239. The number of hydrogen-bond donors (Lipinski definition) is 2. The van der Waals surface area contributed by atoms with Gasteiger partial charge in [-0.05, 0) is 18.6 Å². The van der Waals surface area contributed by atoms with Crippen LogP contribution in [0, 0.1) is 5.82 Å². The molecule has 0 aliphatic heterocycles. The maximum absolute atomic E-state index is 12.7. The van der Waals surface area contributed by atoms with Crippen LogP contribution >= 0.6 is 0 Å². The summed E-state index contributed by atoms with van der Waals surface area (Å²) in [6.07, 6.45) is 2.83. The Kier molecular flexibility index (Phi) is 3.79. The van der Waals surface area contributed by atoms with E-state index in [4.69, 9.17) is 5.73 Å². The smallest absolute Gasteiger partial charge is 0.141 e. The fourth-order valence-electron chi connectivity index (χ4n) is 0.928. The first-order chi connectivity index (χ1) is 6.22. The van der Waals surface area contributed by atoms with Gasteiger partial charge in [0.05, 0.1) is 6.20 Å². The zero-order chi connectivity index (χ0) is 9.68. The highest BCUT2D eigenvalue weighted by molar-refractivity contribution is 5.09. The molecule has 1 rings (SSSR count). The zero-order valence-electron chi connectivity index (χ0n) is 7.63. The van der Waals surface area contributed by atoms with E-state index in [0.717, 1.165) is 5.56 Å². The second kappa shape index (κ2) is 4.89. The molecule has 72 valence electrons. The van der Waals surface area contributed by atoms with Crippen molar-refractivity contribution in [3.63, 3.8) is 0 Å². The van der Waals surface area contributed by atoms with Gasteiger partial charge in [0.25, 0.3) is 0 Å². The maximum atomic E-state index is 12.7. The number of halogens is 1. The van der Waals surface area contributed by atoms with Crippen molar-refractivity contribution in [1.82, 2.24) is 10.3 Å². The number of aromatic nitrogens is 1. The number of nitrogens with zero attached hydrogens (tertiary/aromatic N) is 1. The number of rotatable bonds is 4. The minimum Gasteiger partial charge on any atom is -0.329 e. The summed E-state index contributed by atoms with van der Waals surface area (Å²) < 4.78 is 12.7. The van der Waals surface area contributed by atoms with E-state index < -0.39 is 0 Å². The third kappa shape index (κ3) is 3.48. The summed E-state index contributed by atoms with van der Waals surface area (Å²) in [6.45, 7) is 3.15. The monoisotopic (exact) mass is 183 g/mol. The van der Waals surface area contributed by atoms with E-state index in [1.54, 1.807) is 6.20 Å². The Bertz CT molecular complexity index is 265. The van der Waals surface area contributed by atoms with Gasteiger partial charge in [-0.15, -0.1) is 0 Å². The molecular formula is C9H14FN3. The largest absolute Gasteiger partial charge is 0.329 e. The summed E-state index contributed by atoms with van der Waals surface area (Å²) in [7, 11) is 0. The second-order valence-corrected chi connectivity index (χ2v) is 3.03. The standard InChI is InChI=1S/C9H14FN3/c1-7(3-11)13-5-8-2-9(10)6-12-4-8/h2,4,6-7,13H,3,5,11H2,1H3/t7-/m1/s1. The highest BCUT2D eigenvalue weighted by atomic mass is 19.1. The number of nitrogens with two attached hydrogens (primary N) is 1. The van der Waals surface area contributed by atoms with Crippen molar-refractivity contribution in [1.29, 1.82) is 0 Å². The van der Waals surface area contributed by atoms with Crippen LogP contribution in [0.2, 0.25) is 0 Å². The molecule has 3 N–H and O–H groups in total. The fourth-order valence-corrected chi connectivity index (χ4v) is 0.928. The van der Waals surface area contributed by atoms with Gasteiger partial charge in [-0.3, -0.25) is 4.98 Å². The highest BCUT2D eigenvalue weighted by Crippen LogP contribution is 2.00. The summed E-state index contributed by atoms with van der Waals surface area (Å²) >= 11 is 0. The minimum atomic E-state index is -0.306. The lowest BCUT2D eigenvalue weighted by Crippen LogP contribution is -2.32. The van der Waals surface area contributed by atoms with Crippen LogP contribution in [0.5, 0.6) is 0 Å². The molecular weight excluding hydrogens is 169 g/mol. The Morgan fingerprint density at radius 1 is 1.62 bits per heavy atom. The Morgan fingerprint density at radius 2 is 2.38 bits per heavy atom. The first kappa shape index (κ1) is 10.1. The van der Waals surface area contributed by atoms with Crippen molar-refractivity contribution in [2.24, 2.45) is 5.73 Å². The summed E-state index contributed by atoms with van der Waals surface area (Å²) in [5.74, 6) is -0.306. The number of pyridine rings is 1. The lowest BCUT2D eigenvalue weighted by molar-refractivity contribution is 0.551. The summed E-state index contributed by atoms with van der Waals surface area (Å²) in [5, 5.41) is 3.14. The quantitative estimate of drug-likeness (QED) is 0.721. The third-order valence-electron chi connectivity index (χ3n) is 1.77. The predicted octanol–water partition coefficient (Wildman–Crippen LogP) is 0.658. The van der Waals surface area contributed by atoms with E-state index in [1.165, 1.54) is 12.3 Å². The molecule has 0 aliphatic carbocycles. The molecule has 0 saturated carbocycles. The average Bonchev–Trinajstić information content (AvgIpc) is 2.14. The van der Waals surface area contributed by atoms with E-state index in [1.807, 2.05) is 6.92 Å². The molecule has 0 amide bonds. The van der Waals surface area contributed by atoms with E-state index in [0.29, 0.717) is 13.1 Å². The molecule has 13 heavy (non-hydrogen) atoms. The molecule has 0 aliphatic rings. The number of hydrogen-bond acceptors (Lipinski definition) is 3. The van der Waals surface area contributed by atoms with Gasteiger partial charge in [-0.25, -0.2) is 4.39 Å². The average molecular weight is 183 g/mol. The van der Waals surface area contributed by atoms with Crippen LogP contribution in [0.3, 0.4) is 0 Å². The van der Waals surface area contributed by atoms with Crippen molar-refractivity contribution in [3.05, 3.63) is 29.8 Å². The van der Waals surface area contributed by atoms with Gasteiger partial charge in [0, 0.05) is 25.3 Å².